The van der Waals surface area contributed by atoms with E-state index in [1.165, 1.54) is 0 Å². The first-order valence-corrected chi connectivity index (χ1v) is 7.00. The van der Waals surface area contributed by atoms with Crippen LogP contribution in [0.5, 0.6) is 5.75 Å². The second-order valence-electron chi connectivity index (χ2n) is 4.40. The topological polar surface area (TPSA) is 49.8 Å². The number of ether oxygens (including phenoxy) is 1. The number of morpholine rings is 1. The average molecular weight is 314 g/mol. The molecule has 0 radical (unpaired) electrons. The van der Waals surface area contributed by atoms with Gasteiger partial charge in [0.05, 0.1) is 24.8 Å². The Morgan fingerprint density at radius 3 is 3.06 bits per heavy atom. The largest absolute Gasteiger partial charge is 0.507 e. The molecule has 1 aromatic carbocycles. The quantitative estimate of drug-likeness (QED) is 0.849. The Balaban J connectivity index is 2.24. The molecule has 1 amide bonds. The maximum atomic E-state index is 12.4. The lowest BCUT2D eigenvalue weighted by atomic mass is 10.1. The summed E-state index contributed by atoms with van der Waals surface area (Å²) < 4.78 is 5.35. The maximum absolute atomic E-state index is 12.4. The van der Waals surface area contributed by atoms with Crippen LogP contribution in [0.3, 0.4) is 0 Å². The van der Waals surface area contributed by atoms with Crippen molar-refractivity contribution in [1.82, 2.24) is 4.90 Å². The van der Waals surface area contributed by atoms with Crippen molar-refractivity contribution in [3.63, 3.8) is 0 Å². The van der Waals surface area contributed by atoms with Crippen LogP contribution in [0.1, 0.15) is 15.9 Å². The lowest BCUT2D eigenvalue weighted by Gasteiger charge is -2.34. The fraction of sp³-hybridized carbons (Fsp3) is 0.462. The Labute approximate surface area is 115 Å². The van der Waals surface area contributed by atoms with Crippen molar-refractivity contribution in [2.75, 3.05) is 25.1 Å². The Bertz CT molecular complexity index is 450. The number of hydrogen-bond acceptors (Lipinski definition) is 3. The molecule has 1 N–H and O–H groups in total. The van der Waals surface area contributed by atoms with Gasteiger partial charge >= 0.3 is 0 Å². The number of aromatic hydroxyl groups is 1. The summed E-state index contributed by atoms with van der Waals surface area (Å²) in [7, 11) is 0. The summed E-state index contributed by atoms with van der Waals surface area (Å²) in [5, 5.41) is 10.5. The van der Waals surface area contributed by atoms with Crippen LogP contribution in [-0.4, -0.2) is 47.0 Å². The van der Waals surface area contributed by atoms with E-state index in [0.29, 0.717) is 30.7 Å². The Hall–Kier alpha value is -1.07. The number of aryl methyl sites for hydroxylation is 1. The second kappa shape index (κ2) is 5.71. The van der Waals surface area contributed by atoms with E-state index in [2.05, 4.69) is 15.9 Å². The van der Waals surface area contributed by atoms with Gasteiger partial charge < -0.3 is 14.7 Å². The van der Waals surface area contributed by atoms with Crippen molar-refractivity contribution in [3.8, 4) is 5.75 Å². The fourth-order valence-corrected chi connectivity index (χ4v) is 2.56. The molecule has 98 valence electrons. The molecule has 0 aliphatic carbocycles. The van der Waals surface area contributed by atoms with Gasteiger partial charge in [0, 0.05) is 11.9 Å². The van der Waals surface area contributed by atoms with Crippen molar-refractivity contribution in [3.05, 3.63) is 29.3 Å². The lowest BCUT2D eigenvalue weighted by Crippen LogP contribution is -2.49. The van der Waals surface area contributed by atoms with Gasteiger partial charge in [-0.1, -0.05) is 22.0 Å². The van der Waals surface area contributed by atoms with E-state index in [0.717, 1.165) is 5.56 Å². The van der Waals surface area contributed by atoms with Crippen molar-refractivity contribution in [2.45, 2.75) is 13.0 Å². The first-order chi connectivity index (χ1) is 8.63. The number of carbonyl (C=O) groups is 1. The predicted octanol–water partition coefficient (Wildman–Crippen LogP) is 1.94. The van der Waals surface area contributed by atoms with Gasteiger partial charge in [-0.15, -0.1) is 0 Å². The predicted molar refractivity (Wildman–Crippen MR) is 72.3 cm³/mol. The van der Waals surface area contributed by atoms with Crippen LogP contribution < -0.4 is 0 Å². The Morgan fingerprint density at radius 1 is 1.61 bits per heavy atom. The summed E-state index contributed by atoms with van der Waals surface area (Å²) in [5.41, 5.74) is 1.29. The third-order valence-electron chi connectivity index (χ3n) is 3.05. The van der Waals surface area contributed by atoms with E-state index in [4.69, 9.17) is 4.74 Å². The minimum absolute atomic E-state index is 0.0203. The van der Waals surface area contributed by atoms with Crippen molar-refractivity contribution >= 4 is 21.8 Å². The van der Waals surface area contributed by atoms with Crippen LogP contribution in [0.2, 0.25) is 0 Å². The minimum atomic E-state index is -0.139. The summed E-state index contributed by atoms with van der Waals surface area (Å²) in [6.45, 7) is 3.51. The fourth-order valence-electron chi connectivity index (χ4n) is 2.03. The minimum Gasteiger partial charge on any atom is -0.507 e. The van der Waals surface area contributed by atoms with E-state index in [-0.39, 0.29) is 17.7 Å². The average Bonchev–Trinajstić information content (AvgIpc) is 2.38. The normalized spacial score (nSPS) is 19.9. The third kappa shape index (κ3) is 2.67. The SMILES string of the molecule is Cc1ccc(C(=O)N2CCOCC2CBr)c(O)c1. The molecule has 1 aliphatic heterocycles. The molecule has 0 spiro atoms. The molecule has 0 bridgehead atoms. The van der Waals surface area contributed by atoms with Gasteiger partial charge in [0.1, 0.15) is 5.75 Å². The first-order valence-electron chi connectivity index (χ1n) is 5.87. The zero-order chi connectivity index (χ0) is 13.1. The van der Waals surface area contributed by atoms with Crippen LogP contribution in [0.4, 0.5) is 0 Å². The third-order valence-corrected chi connectivity index (χ3v) is 3.80. The number of carbonyl (C=O) groups excluding carboxylic acids is 1. The Morgan fingerprint density at radius 2 is 2.39 bits per heavy atom. The van der Waals surface area contributed by atoms with E-state index in [1.807, 2.05) is 13.0 Å². The smallest absolute Gasteiger partial charge is 0.258 e. The lowest BCUT2D eigenvalue weighted by molar-refractivity contribution is 0.00510. The molecular formula is C13H16BrNO3. The van der Waals surface area contributed by atoms with Crippen LogP contribution in [0, 0.1) is 6.92 Å². The number of nitrogens with zero attached hydrogens (tertiary/aromatic N) is 1. The summed E-state index contributed by atoms with van der Waals surface area (Å²) in [4.78, 5) is 14.1. The van der Waals surface area contributed by atoms with Crippen LogP contribution in [0.15, 0.2) is 18.2 Å². The van der Waals surface area contributed by atoms with Gasteiger partial charge in [0.15, 0.2) is 0 Å². The number of phenols is 1. The molecule has 1 heterocycles. The molecule has 1 fully saturated rings. The number of alkyl halides is 1. The molecule has 1 aromatic rings. The van der Waals surface area contributed by atoms with Crippen molar-refractivity contribution in [2.24, 2.45) is 0 Å². The zero-order valence-electron chi connectivity index (χ0n) is 10.2. The molecule has 2 rings (SSSR count). The van der Waals surface area contributed by atoms with E-state index in [9.17, 15) is 9.90 Å². The Kier molecular flexibility index (Phi) is 4.24. The number of rotatable bonds is 2. The molecule has 5 heteroatoms. The highest BCUT2D eigenvalue weighted by atomic mass is 79.9. The summed E-state index contributed by atoms with van der Waals surface area (Å²) in [5.74, 6) is -0.0972. The molecule has 0 aromatic heterocycles. The van der Waals surface area contributed by atoms with E-state index in [1.54, 1.807) is 17.0 Å². The zero-order valence-corrected chi connectivity index (χ0v) is 11.8. The second-order valence-corrected chi connectivity index (χ2v) is 5.05. The van der Waals surface area contributed by atoms with Crippen LogP contribution in [-0.2, 0) is 4.74 Å². The highest BCUT2D eigenvalue weighted by molar-refractivity contribution is 9.09. The summed E-state index contributed by atoms with van der Waals surface area (Å²) >= 11 is 3.39. The molecule has 1 unspecified atom stereocenters. The molecule has 4 nitrogen and oxygen atoms in total. The van der Waals surface area contributed by atoms with Crippen LogP contribution >= 0.6 is 15.9 Å². The van der Waals surface area contributed by atoms with Crippen molar-refractivity contribution in [1.29, 1.82) is 0 Å². The van der Waals surface area contributed by atoms with Gasteiger partial charge in [0.2, 0.25) is 0 Å². The summed E-state index contributed by atoms with van der Waals surface area (Å²) in [6, 6.07) is 5.13. The number of benzene rings is 1. The molecule has 18 heavy (non-hydrogen) atoms. The monoisotopic (exact) mass is 313 g/mol. The number of halogens is 1. The van der Waals surface area contributed by atoms with Gasteiger partial charge in [-0.05, 0) is 24.6 Å². The highest BCUT2D eigenvalue weighted by Crippen LogP contribution is 2.22. The van der Waals surface area contributed by atoms with E-state index < -0.39 is 0 Å². The first kappa shape index (κ1) is 13.4. The number of phenolic OH excluding ortho intramolecular Hbond substituents is 1. The van der Waals surface area contributed by atoms with Gasteiger partial charge in [-0.25, -0.2) is 0 Å². The number of amides is 1. The summed E-state index contributed by atoms with van der Waals surface area (Å²) in [6.07, 6.45) is 0. The molecule has 1 atom stereocenters. The van der Waals surface area contributed by atoms with Crippen molar-refractivity contribution < 1.29 is 14.6 Å². The maximum Gasteiger partial charge on any atom is 0.258 e. The highest BCUT2D eigenvalue weighted by Gasteiger charge is 2.28. The molecular weight excluding hydrogens is 298 g/mol. The molecule has 0 saturated carbocycles. The van der Waals surface area contributed by atoms with E-state index >= 15 is 0 Å². The van der Waals surface area contributed by atoms with Gasteiger partial charge in [0.25, 0.3) is 5.91 Å². The van der Waals surface area contributed by atoms with Gasteiger partial charge in [-0.3, -0.25) is 4.79 Å². The standard InChI is InChI=1S/C13H16BrNO3/c1-9-2-3-11(12(16)6-9)13(17)15-4-5-18-8-10(15)7-14/h2-3,6,10,16H,4-5,7-8H2,1H3. The van der Waals surface area contributed by atoms with Gasteiger partial charge in [-0.2, -0.15) is 0 Å². The molecule has 1 aliphatic rings. The molecule has 1 saturated heterocycles. The van der Waals surface area contributed by atoms with Crippen LogP contribution in [0.25, 0.3) is 0 Å². The number of hydrogen-bond donors (Lipinski definition) is 1.